The fourth-order valence-electron chi connectivity index (χ4n) is 1.81. The molecule has 1 aromatic carbocycles. The second kappa shape index (κ2) is 5.44. The fourth-order valence-corrected chi connectivity index (χ4v) is 1.81. The van der Waals surface area contributed by atoms with Gasteiger partial charge in [0.1, 0.15) is 5.75 Å². The molecule has 1 aliphatic carbocycles. The lowest BCUT2D eigenvalue weighted by atomic mass is 9.97. The predicted octanol–water partition coefficient (Wildman–Crippen LogP) is 1.23. The van der Waals surface area contributed by atoms with Crippen LogP contribution in [0.15, 0.2) is 52.9 Å². The zero-order chi connectivity index (χ0) is 13.8. The lowest BCUT2D eigenvalue weighted by molar-refractivity contribution is -0.114. The molecule has 0 fully saturated rings. The van der Waals surface area contributed by atoms with Crippen molar-refractivity contribution in [2.45, 2.75) is 6.42 Å². The number of allylic oxidation sites excluding steroid dienone is 4. The van der Waals surface area contributed by atoms with Crippen LogP contribution in [-0.4, -0.2) is 18.7 Å². The minimum Gasteiger partial charge on any atom is -0.497 e. The van der Waals surface area contributed by atoms with Crippen LogP contribution in [0.2, 0.25) is 0 Å². The highest BCUT2D eigenvalue weighted by molar-refractivity contribution is 6.17. The lowest BCUT2D eigenvalue weighted by Crippen LogP contribution is -2.10. The van der Waals surface area contributed by atoms with Gasteiger partial charge in [-0.3, -0.25) is 14.4 Å². The third-order valence-electron chi connectivity index (χ3n) is 2.73. The third kappa shape index (κ3) is 3.25. The van der Waals surface area contributed by atoms with Crippen molar-refractivity contribution >= 4 is 11.6 Å². The molecule has 0 spiro atoms. The molecular weight excluding hydrogens is 244 g/mol. The quantitative estimate of drug-likeness (QED) is 0.763. The van der Waals surface area contributed by atoms with Crippen molar-refractivity contribution in [3.8, 4) is 5.75 Å². The van der Waals surface area contributed by atoms with Gasteiger partial charge in [0, 0.05) is 12.0 Å². The van der Waals surface area contributed by atoms with Crippen molar-refractivity contribution in [3.63, 3.8) is 0 Å². The monoisotopic (exact) mass is 256 g/mol. The first-order valence-electron chi connectivity index (χ1n) is 5.74. The van der Waals surface area contributed by atoms with Crippen LogP contribution in [0.25, 0.3) is 0 Å². The van der Waals surface area contributed by atoms with Crippen molar-refractivity contribution < 1.29 is 14.3 Å². The highest BCUT2D eigenvalue weighted by Crippen LogP contribution is 2.15. The highest BCUT2D eigenvalue weighted by Gasteiger charge is 2.13. The number of methoxy groups -OCH3 is 1. The van der Waals surface area contributed by atoms with E-state index in [1.165, 1.54) is 37.5 Å². The SMILES string of the molecule is COc1ccc(=O)cc(CC2=CC(=O)C=CC2=O)c1. The van der Waals surface area contributed by atoms with Crippen molar-refractivity contribution in [2.75, 3.05) is 7.11 Å². The van der Waals surface area contributed by atoms with Gasteiger partial charge in [-0.15, -0.1) is 0 Å². The first kappa shape index (κ1) is 13.0. The van der Waals surface area contributed by atoms with E-state index in [1.54, 1.807) is 12.1 Å². The molecule has 0 aromatic heterocycles. The Hall–Kier alpha value is -2.49. The molecule has 0 bridgehead atoms. The first-order valence-corrected chi connectivity index (χ1v) is 5.74. The number of carbonyl (C=O) groups is 2. The maximum atomic E-state index is 11.6. The second-order valence-corrected chi connectivity index (χ2v) is 4.15. The van der Waals surface area contributed by atoms with Gasteiger partial charge in [-0.25, -0.2) is 0 Å². The zero-order valence-electron chi connectivity index (χ0n) is 10.4. The summed E-state index contributed by atoms with van der Waals surface area (Å²) in [5, 5.41) is 0. The highest BCUT2D eigenvalue weighted by atomic mass is 16.5. The molecule has 0 aliphatic heterocycles. The van der Waals surface area contributed by atoms with Crippen molar-refractivity contribution in [1.82, 2.24) is 0 Å². The summed E-state index contributed by atoms with van der Waals surface area (Å²) in [4.78, 5) is 34.4. The molecule has 0 saturated heterocycles. The summed E-state index contributed by atoms with van der Waals surface area (Å²) in [6.07, 6.45) is 4.01. The van der Waals surface area contributed by atoms with Crippen LogP contribution in [0, 0.1) is 0 Å². The average Bonchev–Trinajstić information content (AvgIpc) is 2.55. The van der Waals surface area contributed by atoms with Crippen LogP contribution in [0.3, 0.4) is 0 Å². The minimum atomic E-state index is -0.218. The Kier molecular flexibility index (Phi) is 3.71. The standard InChI is InChI=1S/C15H12O4/c1-19-14-4-2-12(16)7-10(8-14)6-11-9-13(17)3-5-15(11)18/h2-5,7-9H,6H2,1H3. The Morgan fingerprint density at radius 2 is 1.84 bits per heavy atom. The third-order valence-corrected chi connectivity index (χ3v) is 2.73. The molecule has 19 heavy (non-hydrogen) atoms. The summed E-state index contributed by atoms with van der Waals surface area (Å²) in [5.41, 5.74) is 0.832. The first-order chi connectivity index (χ1) is 9.08. The van der Waals surface area contributed by atoms with Gasteiger partial charge in [0.2, 0.25) is 0 Å². The van der Waals surface area contributed by atoms with Crippen LogP contribution < -0.4 is 10.2 Å². The molecule has 4 nitrogen and oxygen atoms in total. The van der Waals surface area contributed by atoms with Crippen LogP contribution in [0.5, 0.6) is 5.75 Å². The Morgan fingerprint density at radius 3 is 2.58 bits per heavy atom. The van der Waals surface area contributed by atoms with Gasteiger partial charge in [-0.05, 0) is 48.1 Å². The van der Waals surface area contributed by atoms with E-state index in [4.69, 9.17) is 4.74 Å². The summed E-state index contributed by atoms with van der Waals surface area (Å²) >= 11 is 0. The van der Waals surface area contributed by atoms with Gasteiger partial charge in [0.05, 0.1) is 7.11 Å². The summed E-state index contributed by atoms with van der Waals surface area (Å²) < 4.78 is 5.08. The fraction of sp³-hybridized carbons (Fsp3) is 0.133. The number of ether oxygens (including phenoxy) is 1. The van der Waals surface area contributed by atoms with Crippen LogP contribution >= 0.6 is 0 Å². The number of hydrogen-bond donors (Lipinski definition) is 0. The molecule has 0 heterocycles. The molecule has 96 valence electrons. The van der Waals surface area contributed by atoms with Crippen LogP contribution in [0.1, 0.15) is 5.56 Å². The number of rotatable bonds is 3. The normalized spacial score (nSPS) is 14.3. The van der Waals surface area contributed by atoms with E-state index in [2.05, 4.69) is 0 Å². The van der Waals surface area contributed by atoms with E-state index < -0.39 is 0 Å². The van der Waals surface area contributed by atoms with E-state index in [9.17, 15) is 14.4 Å². The van der Waals surface area contributed by atoms with Gasteiger partial charge in [0.25, 0.3) is 0 Å². The molecule has 2 rings (SSSR count). The molecule has 0 saturated carbocycles. The van der Waals surface area contributed by atoms with E-state index in [1.807, 2.05) is 0 Å². The largest absolute Gasteiger partial charge is 0.497 e. The smallest absolute Gasteiger partial charge is 0.182 e. The van der Waals surface area contributed by atoms with Gasteiger partial charge in [-0.1, -0.05) is 0 Å². The average molecular weight is 256 g/mol. The van der Waals surface area contributed by atoms with E-state index in [0.29, 0.717) is 16.9 Å². The van der Waals surface area contributed by atoms with Gasteiger partial charge in [-0.2, -0.15) is 0 Å². The molecule has 0 atom stereocenters. The van der Waals surface area contributed by atoms with E-state index in [0.717, 1.165) is 0 Å². The molecule has 0 unspecified atom stereocenters. The second-order valence-electron chi connectivity index (χ2n) is 4.15. The topological polar surface area (TPSA) is 60.4 Å². The Labute approximate surface area is 110 Å². The number of carbonyl (C=O) groups excluding carboxylic acids is 2. The van der Waals surface area contributed by atoms with Crippen LogP contribution in [0.4, 0.5) is 0 Å². The molecule has 0 N–H and O–H groups in total. The number of hydrogen-bond acceptors (Lipinski definition) is 4. The lowest BCUT2D eigenvalue weighted by Gasteiger charge is -2.06. The Balaban J connectivity index is 2.36. The Morgan fingerprint density at radius 1 is 1.05 bits per heavy atom. The van der Waals surface area contributed by atoms with Crippen LogP contribution in [-0.2, 0) is 16.0 Å². The molecular formula is C15H12O4. The summed E-state index contributed by atoms with van der Waals surface area (Å²) in [7, 11) is 1.50. The molecule has 1 aromatic rings. The summed E-state index contributed by atoms with van der Waals surface area (Å²) in [6.45, 7) is 0. The van der Waals surface area contributed by atoms with Gasteiger partial charge in [0.15, 0.2) is 17.0 Å². The van der Waals surface area contributed by atoms with Crippen molar-refractivity contribution in [1.29, 1.82) is 0 Å². The van der Waals surface area contributed by atoms with Gasteiger partial charge < -0.3 is 4.74 Å². The summed E-state index contributed by atoms with van der Waals surface area (Å²) in [5.74, 6) is 0.101. The van der Waals surface area contributed by atoms with E-state index in [-0.39, 0.29) is 23.4 Å². The van der Waals surface area contributed by atoms with Gasteiger partial charge >= 0.3 is 0 Å². The maximum absolute atomic E-state index is 11.6. The van der Waals surface area contributed by atoms with E-state index >= 15 is 0 Å². The maximum Gasteiger partial charge on any atom is 0.182 e. The Bertz CT molecular complexity index is 653. The van der Waals surface area contributed by atoms with Crippen molar-refractivity contribution in [3.05, 3.63) is 63.9 Å². The van der Waals surface area contributed by atoms with Crippen molar-refractivity contribution in [2.24, 2.45) is 0 Å². The summed E-state index contributed by atoms with van der Waals surface area (Å²) in [6, 6.07) is 6.07. The molecule has 4 heteroatoms. The predicted molar refractivity (Wildman–Crippen MR) is 70.2 cm³/mol. The minimum absolute atomic E-state index is 0.177. The molecule has 0 amide bonds. The number of ketones is 2. The molecule has 0 radical (unpaired) electrons. The molecule has 1 aliphatic rings. The zero-order valence-corrected chi connectivity index (χ0v) is 10.4.